The zero-order valence-corrected chi connectivity index (χ0v) is 16.7. The van der Waals surface area contributed by atoms with Crippen molar-refractivity contribution in [3.8, 4) is 0 Å². The summed E-state index contributed by atoms with van der Waals surface area (Å²) in [5.41, 5.74) is 8.93. The fourth-order valence-corrected chi connectivity index (χ4v) is 3.96. The van der Waals surface area contributed by atoms with Crippen LogP contribution in [0, 0.1) is 0 Å². The highest BCUT2D eigenvalue weighted by Crippen LogP contribution is 2.25. The smallest absolute Gasteiger partial charge is 0.229 e. The Morgan fingerprint density at radius 1 is 1.00 bits per heavy atom. The Labute approximate surface area is 167 Å². The molecule has 2 fully saturated rings. The Morgan fingerprint density at radius 2 is 1.71 bits per heavy atom. The molecule has 2 aromatic rings. The van der Waals surface area contributed by atoms with Gasteiger partial charge in [0.05, 0.1) is 11.9 Å². The fourth-order valence-electron chi connectivity index (χ4n) is 3.96. The SMILES string of the molecule is CN1CCN(c2ccc(Nc3ncc(N)c(NC4CCCCC4)n3)cc2)CC1. The number of aromatic nitrogens is 2. The first-order chi connectivity index (χ1) is 13.7. The lowest BCUT2D eigenvalue weighted by Crippen LogP contribution is -2.44. The third-order valence-corrected chi connectivity index (χ3v) is 5.75. The molecule has 4 rings (SSSR count). The molecule has 28 heavy (non-hydrogen) atoms. The molecule has 0 unspecified atom stereocenters. The number of hydrogen-bond acceptors (Lipinski definition) is 7. The van der Waals surface area contributed by atoms with Crippen molar-refractivity contribution in [1.29, 1.82) is 0 Å². The number of nitrogens with two attached hydrogens (primary N) is 1. The average Bonchev–Trinajstić information content (AvgIpc) is 2.73. The summed E-state index contributed by atoms with van der Waals surface area (Å²) < 4.78 is 0. The molecule has 1 aromatic carbocycles. The van der Waals surface area contributed by atoms with Crippen molar-refractivity contribution in [2.24, 2.45) is 0 Å². The van der Waals surface area contributed by atoms with Crippen LogP contribution in [0.3, 0.4) is 0 Å². The summed E-state index contributed by atoms with van der Waals surface area (Å²) in [5, 5.41) is 6.81. The molecule has 2 aliphatic rings. The molecule has 0 atom stereocenters. The largest absolute Gasteiger partial charge is 0.394 e. The number of benzene rings is 1. The van der Waals surface area contributed by atoms with E-state index >= 15 is 0 Å². The van der Waals surface area contributed by atoms with Gasteiger partial charge in [-0.1, -0.05) is 19.3 Å². The molecule has 0 bridgehead atoms. The Hall–Kier alpha value is -2.54. The van der Waals surface area contributed by atoms with Gasteiger partial charge < -0.3 is 26.2 Å². The van der Waals surface area contributed by atoms with Crippen molar-refractivity contribution in [3.63, 3.8) is 0 Å². The second-order valence-corrected chi connectivity index (χ2v) is 7.94. The van der Waals surface area contributed by atoms with Crippen molar-refractivity contribution in [2.75, 3.05) is 54.5 Å². The van der Waals surface area contributed by atoms with E-state index in [2.05, 4.69) is 61.7 Å². The summed E-state index contributed by atoms with van der Waals surface area (Å²) in [6.45, 7) is 4.35. The molecular formula is C21H31N7. The molecule has 7 heteroatoms. The predicted molar refractivity (Wildman–Crippen MR) is 116 cm³/mol. The van der Waals surface area contributed by atoms with Crippen molar-refractivity contribution >= 4 is 28.8 Å². The van der Waals surface area contributed by atoms with Gasteiger partial charge in [0, 0.05) is 43.6 Å². The van der Waals surface area contributed by atoms with E-state index < -0.39 is 0 Å². The van der Waals surface area contributed by atoms with Gasteiger partial charge in [0.1, 0.15) is 0 Å². The van der Waals surface area contributed by atoms with E-state index in [1.54, 1.807) is 6.20 Å². The average molecular weight is 382 g/mol. The van der Waals surface area contributed by atoms with Gasteiger partial charge in [-0.25, -0.2) is 4.98 Å². The van der Waals surface area contributed by atoms with Gasteiger partial charge >= 0.3 is 0 Å². The van der Waals surface area contributed by atoms with E-state index in [4.69, 9.17) is 5.73 Å². The number of anilines is 5. The van der Waals surface area contributed by atoms with Crippen LogP contribution in [0.15, 0.2) is 30.5 Å². The zero-order valence-electron chi connectivity index (χ0n) is 16.7. The summed E-state index contributed by atoms with van der Waals surface area (Å²) in [4.78, 5) is 13.7. The third-order valence-electron chi connectivity index (χ3n) is 5.75. The van der Waals surface area contributed by atoms with Crippen LogP contribution in [0.5, 0.6) is 0 Å². The third kappa shape index (κ3) is 4.65. The number of likely N-dealkylation sites (N-methyl/N-ethyl adjacent to an activating group) is 1. The molecule has 1 aliphatic heterocycles. The highest BCUT2D eigenvalue weighted by atomic mass is 15.2. The van der Waals surface area contributed by atoms with Crippen LogP contribution in [0.4, 0.5) is 28.8 Å². The first kappa shape index (κ1) is 18.8. The van der Waals surface area contributed by atoms with E-state index in [0.29, 0.717) is 17.7 Å². The maximum Gasteiger partial charge on any atom is 0.229 e. The van der Waals surface area contributed by atoms with Gasteiger partial charge in [-0.05, 0) is 44.2 Å². The Kier molecular flexibility index (Phi) is 5.81. The molecule has 1 saturated carbocycles. The van der Waals surface area contributed by atoms with Crippen LogP contribution in [-0.4, -0.2) is 54.1 Å². The second kappa shape index (κ2) is 8.65. The number of nitrogen functional groups attached to an aromatic ring is 1. The molecule has 0 amide bonds. The second-order valence-electron chi connectivity index (χ2n) is 7.94. The Balaban J connectivity index is 1.40. The van der Waals surface area contributed by atoms with Crippen LogP contribution in [0.2, 0.25) is 0 Å². The molecule has 1 aromatic heterocycles. The summed E-state index contributed by atoms with van der Waals surface area (Å²) in [6, 6.07) is 8.95. The lowest BCUT2D eigenvalue weighted by Gasteiger charge is -2.34. The molecule has 150 valence electrons. The molecule has 1 aliphatic carbocycles. The zero-order chi connectivity index (χ0) is 19.3. The number of hydrogen-bond donors (Lipinski definition) is 3. The summed E-state index contributed by atoms with van der Waals surface area (Å²) >= 11 is 0. The lowest BCUT2D eigenvalue weighted by atomic mass is 9.95. The monoisotopic (exact) mass is 381 g/mol. The maximum absolute atomic E-state index is 6.09. The van der Waals surface area contributed by atoms with E-state index in [1.807, 2.05) is 0 Å². The topological polar surface area (TPSA) is 82.3 Å². The lowest BCUT2D eigenvalue weighted by molar-refractivity contribution is 0.313. The molecule has 0 radical (unpaired) electrons. The van der Waals surface area contributed by atoms with Crippen LogP contribution in [-0.2, 0) is 0 Å². The quantitative estimate of drug-likeness (QED) is 0.733. The number of nitrogens with one attached hydrogen (secondary N) is 2. The standard InChI is InChI=1S/C21H31N7/c1-27-11-13-28(14-12-27)18-9-7-17(8-10-18)25-21-23-15-19(22)20(26-21)24-16-5-3-2-4-6-16/h7-10,15-16H,2-6,11-14,22H2,1H3,(H2,23,24,25,26). The first-order valence-corrected chi connectivity index (χ1v) is 10.4. The minimum Gasteiger partial charge on any atom is -0.394 e. The molecule has 0 spiro atoms. The summed E-state index contributed by atoms with van der Waals surface area (Å²) in [5.74, 6) is 1.30. The summed E-state index contributed by atoms with van der Waals surface area (Å²) in [6.07, 6.45) is 7.91. The van der Waals surface area contributed by atoms with Crippen LogP contribution in [0.1, 0.15) is 32.1 Å². The fraction of sp³-hybridized carbons (Fsp3) is 0.524. The Morgan fingerprint density at radius 3 is 2.43 bits per heavy atom. The first-order valence-electron chi connectivity index (χ1n) is 10.4. The van der Waals surface area contributed by atoms with Crippen LogP contribution in [0.25, 0.3) is 0 Å². The molecule has 4 N–H and O–H groups in total. The van der Waals surface area contributed by atoms with Crippen molar-refractivity contribution in [3.05, 3.63) is 30.5 Å². The highest BCUT2D eigenvalue weighted by molar-refractivity contribution is 5.65. The Bertz CT molecular complexity index is 763. The predicted octanol–water partition coefficient (Wildman–Crippen LogP) is 3.30. The van der Waals surface area contributed by atoms with Gasteiger partial charge in [0.15, 0.2) is 5.82 Å². The van der Waals surface area contributed by atoms with E-state index in [1.165, 1.54) is 37.8 Å². The van der Waals surface area contributed by atoms with Gasteiger partial charge in [0.2, 0.25) is 5.95 Å². The van der Waals surface area contributed by atoms with Crippen molar-refractivity contribution in [2.45, 2.75) is 38.1 Å². The van der Waals surface area contributed by atoms with Crippen LogP contribution >= 0.6 is 0 Å². The van der Waals surface area contributed by atoms with Crippen molar-refractivity contribution in [1.82, 2.24) is 14.9 Å². The van der Waals surface area contributed by atoms with E-state index in [9.17, 15) is 0 Å². The minimum absolute atomic E-state index is 0.460. The van der Waals surface area contributed by atoms with Gasteiger partial charge in [-0.15, -0.1) is 0 Å². The maximum atomic E-state index is 6.09. The molecule has 2 heterocycles. The number of rotatable bonds is 5. The molecular weight excluding hydrogens is 350 g/mol. The van der Waals surface area contributed by atoms with E-state index in [0.717, 1.165) is 37.7 Å². The van der Waals surface area contributed by atoms with Crippen LogP contribution < -0.4 is 21.3 Å². The molecule has 7 nitrogen and oxygen atoms in total. The highest BCUT2D eigenvalue weighted by Gasteiger charge is 2.16. The summed E-state index contributed by atoms with van der Waals surface area (Å²) in [7, 11) is 2.17. The van der Waals surface area contributed by atoms with Gasteiger partial charge in [-0.3, -0.25) is 0 Å². The molecule has 1 saturated heterocycles. The van der Waals surface area contributed by atoms with Crippen molar-refractivity contribution < 1.29 is 0 Å². The van der Waals surface area contributed by atoms with E-state index in [-0.39, 0.29) is 0 Å². The number of nitrogens with zero attached hydrogens (tertiary/aromatic N) is 4. The van der Waals surface area contributed by atoms with Gasteiger partial charge in [-0.2, -0.15) is 4.98 Å². The minimum atomic E-state index is 0.460. The number of piperazine rings is 1. The van der Waals surface area contributed by atoms with Gasteiger partial charge in [0.25, 0.3) is 0 Å². The normalized spacial score (nSPS) is 18.8.